The fraction of sp³-hybridized carbons (Fsp3) is 0.0909. The van der Waals surface area contributed by atoms with E-state index in [9.17, 15) is 9.59 Å². The van der Waals surface area contributed by atoms with Crippen molar-refractivity contribution in [2.75, 3.05) is 0 Å². The summed E-state index contributed by atoms with van der Waals surface area (Å²) in [5, 5.41) is 12.9. The monoisotopic (exact) mass is 429 g/mol. The minimum absolute atomic E-state index is 0.181. The highest BCUT2D eigenvalue weighted by Gasteiger charge is 2.17. The number of benzene rings is 3. The van der Waals surface area contributed by atoms with Crippen molar-refractivity contribution in [2.24, 2.45) is 0 Å². The Balaban J connectivity index is 1.79. The van der Waals surface area contributed by atoms with Crippen LogP contribution in [-0.4, -0.2) is 17.0 Å². The van der Waals surface area contributed by atoms with Gasteiger partial charge in [0.25, 0.3) is 5.91 Å². The number of rotatable bonds is 6. The van der Waals surface area contributed by atoms with Gasteiger partial charge in [-0.3, -0.25) is 4.79 Å². The van der Waals surface area contributed by atoms with Crippen LogP contribution in [0.5, 0.6) is 11.5 Å². The van der Waals surface area contributed by atoms with Crippen LogP contribution in [0.4, 0.5) is 0 Å². The Morgan fingerprint density at radius 2 is 1.55 bits per heavy atom. The summed E-state index contributed by atoms with van der Waals surface area (Å²) in [5.74, 6) is -0.492. The van der Waals surface area contributed by atoms with Crippen LogP contribution < -0.4 is 10.1 Å². The summed E-state index contributed by atoms with van der Waals surface area (Å²) in [7, 11) is 0. The van der Waals surface area contributed by atoms with Crippen LogP contribution in [0.2, 0.25) is 10.0 Å². The fourth-order valence-electron chi connectivity index (χ4n) is 2.67. The van der Waals surface area contributed by atoms with Crippen molar-refractivity contribution in [1.29, 1.82) is 0 Å². The highest BCUT2D eigenvalue weighted by atomic mass is 35.5. The van der Waals surface area contributed by atoms with Crippen LogP contribution in [0.25, 0.3) is 0 Å². The normalized spacial score (nSPS) is 11.6. The molecular formula is C22H17Cl2NO4. The number of carbonyl (C=O) groups excluding carboxylic acids is 1. The number of hydrogen-bond donors (Lipinski definition) is 2. The first-order chi connectivity index (χ1) is 13.8. The van der Waals surface area contributed by atoms with Gasteiger partial charge in [0.1, 0.15) is 11.5 Å². The van der Waals surface area contributed by atoms with E-state index >= 15 is 0 Å². The predicted octanol–water partition coefficient (Wildman–Crippen LogP) is 5.97. The minimum Gasteiger partial charge on any atom is -0.478 e. The molecule has 2 N–H and O–H groups in total. The Labute approximate surface area is 177 Å². The largest absolute Gasteiger partial charge is 0.478 e. The lowest BCUT2D eigenvalue weighted by atomic mass is 10.1. The second kappa shape index (κ2) is 8.99. The summed E-state index contributed by atoms with van der Waals surface area (Å²) in [5.41, 5.74) is 1.23. The number of nitrogens with one attached hydrogen (secondary N) is 1. The van der Waals surface area contributed by atoms with E-state index in [-0.39, 0.29) is 23.1 Å². The SMILES string of the molecule is C[C@H](NC(=O)c1cc(Cl)ccc1Oc1ccc(Cl)cc1)c1ccc(C(=O)O)cc1. The zero-order valence-corrected chi connectivity index (χ0v) is 16.9. The van der Waals surface area contributed by atoms with Crippen LogP contribution >= 0.6 is 23.2 Å². The van der Waals surface area contributed by atoms with Gasteiger partial charge in [0.2, 0.25) is 0 Å². The molecule has 5 nitrogen and oxygen atoms in total. The molecule has 0 saturated heterocycles. The van der Waals surface area contributed by atoms with Crippen LogP contribution in [0.1, 0.15) is 39.2 Å². The van der Waals surface area contributed by atoms with Crippen molar-refractivity contribution in [3.8, 4) is 11.5 Å². The first kappa shape index (κ1) is 20.7. The van der Waals surface area contributed by atoms with Crippen LogP contribution in [-0.2, 0) is 0 Å². The van der Waals surface area contributed by atoms with E-state index in [1.807, 2.05) is 0 Å². The molecule has 0 heterocycles. The molecule has 3 aromatic rings. The maximum Gasteiger partial charge on any atom is 0.335 e. The number of aromatic carboxylic acids is 1. The minimum atomic E-state index is -1.00. The van der Waals surface area contributed by atoms with E-state index in [0.717, 1.165) is 5.56 Å². The molecule has 148 valence electrons. The molecule has 0 spiro atoms. The molecule has 1 atom stereocenters. The van der Waals surface area contributed by atoms with Crippen LogP contribution in [0.3, 0.4) is 0 Å². The quantitative estimate of drug-likeness (QED) is 0.505. The van der Waals surface area contributed by atoms with Crippen molar-refractivity contribution >= 4 is 35.1 Å². The van der Waals surface area contributed by atoms with E-state index in [2.05, 4.69) is 5.32 Å². The average molecular weight is 430 g/mol. The van der Waals surface area contributed by atoms with Gasteiger partial charge in [-0.2, -0.15) is 0 Å². The number of carbonyl (C=O) groups is 2. The van der Waals surface area contributed by atoms with Gasteiger partial charge in [0.05, 0.1) is 17.2 Å². The Morgan fingerprint density at radius 3 is 2.17 bits per heavy atom. The number of ether oxygens (including phenoxy) is 1. The van der Waals surface area contributed by atoms with Gasteiger partial charge in [-0.1, -0.05) is 35.3 Å². The maximum atomic E-state index is 12.9. The summed E-state index contributed by atoms with van der Waals surface area (Å²) in [6.07, 6.45) is 0. The number of halogens is 2. The molecule has 29 heavy (non-hydrogen) atoms. The van der Waals surface area contributed by atoms with Gasteiger partial charge in [-0.15, -0.1) is 0 Å². The predicted molar refractivity (Wildman–Crippen MR) is 112 cm³/mol. The molecule has 0 aliphatic carbocycles. The molecule has 0 saturated carbocycles. The fourth-order valence-corrected chi connectivity index (χ4v) is 2.97. The standard InChI is InChI=1S/C22H17Cl2NO4/c1-13(14-2-4-15(5-3-14)22(27)28)25-21(26)19-12-17(24)8-11-20(19)29-18-9-6-16(23)7-10-18/h2-13H,1H3,(H,25,26)(H,27,28)/t13-/m0/s1. The van der Waals surface area contributed by atoms with Crippen molar-refractivity contribution in [2.45, 2.75) is 13.0 Å². The molecule has 0 bridgehead atoms. The zero-order valence-electron chi connectivity index (χ0n) is 15.4. The zero-order chi connectivity index (χ0) is 21.0. The Kier molecular flexibility index (Phi) is 6.42. The lowest BCUT2D eigenvalue weighted by molar-refractivity contribution is 0.0696. The average Bonchev–Trinajstić information content (AvgIpc) is 2.71. The van der Waals surface area contributed by atoms with Crippen LogP contribution in [0.15, 0.2) is 66.7 Å². The van der Waals surface area contributed by atoms with Crippen molar-refractivity contribution in [1.82, 2.24) is 5.32 Å². The lowest BCUT2D eigenvalue weighted by Crippen LogP contribution is -2.27. The highest BCUT2D eigenvalue weighted by molar-refractivity contribution is 6.31. The second-order valence-electron chi connectivity index (χ2n) is 6.32. The first-order valence-electron chi connectivity index (χ1n) is 8.70. The van der Waals surface area contributed by atoms with Crippen molar-refractivity contribution in [3.63, 3.8) is 0 Å². The number of carboxylic acid groups (broad SMARTS) is 1. The summed E-state index contributed by atoms with van der Waals surface area (Å²) in [6.45, 7) is 1.80. The number of carboxylic acids is 1. The third-order valence-electron chi connectivity index (χ3n) is 4.23. The molecule has 0 radical (unpaired) electrons. The van der Waals surface area contributed by atoms with E-state index in [1.54, 1.807) is 55.5 Å². The van der Waals surface area contributed by atoms with Gasteiger partial charge in [-0.25, -0.2) is 4.79 Å². The second-order valence-corrected chi connectivity index (χ2v) is 7.19. The topological polar surface area (TPSA) is 75.6 Å². The number of hydrogen-bond acceptors (Lipinski definition) is 3. The molecule has 1 amide bonds. The molecule has 3 rings (SSSR count). The van der Waals surface area contributed by atoms with Gasteiger partial charge < -0.3 is 15.2 Å². The number of amides is 1. The van der Waals surface area contributed by atoms with Gasteiger partial charge >= 0.3 is 5.97 Å². The van der Waals surface area contributed by atoms with E-state index in [0.29, 0.717) is 21.5 Å². The smallest absolute Gasteiger partial charge is 0.335 e. The summed E-state index contributed by atoms with van der Waals surface area (Å²) in [4.78, 5) is 23.8. The molecule has 0 fully saturated rings. The molecule has 7 heteroatoms. The molecule has 0 aromatic heterocycles. The Hall–Kier alpha value is -3.02. The third-order valence-corrected chi connectivity index (χ3v) is 4.72. The molecule has 0 unspecified atom stereocenters. The summed E-state index contributed by atoms with van der Waals surface area (Å²) >= 11 is 12.0. The molecule has 3 aromatic carbocycles. The van der Waals surface area contributed by atoms with Gasteiger partial charge in [0, 0.05) is 10.0 Å². The maximum absolute atomic E-state index is 12.9. The highest BCUT2D eigenvalue weighted by Crippen LogP contribution is 2.29. The summed E-state index contributed by atoms with van der Waals surface area (Å²) < 4.78 is 5.83. The van der Waals surface area contributed by atoms with Crippen LogP contribution in [0, 0.1) is 0 Å². The molecule has 0 aliphatic rings. The van der Waals surface area contributed by atoms with E-state index < -0.39 is 5.97 Å². The Morgan fingerprint density at radius 1 is 0.931 bits per heavy atom. The lowest BCUT2D eigenvalue weighted by Gasteiger charge is -2.17. The van der Waals surface area contributed by atoms with Crippen molar-refractivity contribution in [3.05, 3.63) is 93.5 Å². The van der Waals surface area contributed by atoms with Gasteiger partial charge in [-0.05, 0) is 67.1 Å². The first-order valence-corrected chi connectivity index (χ1v) is 9.46. The van der Waals surface area contributed by atoms with E-state index in [4.69, 9.17) is 33.0 Å². The molecular weight excluding hydrogens is 413 g/mol. The molecule has 0 aliphatic heterocycles. The Bertz CT molecular complexity index is 1030. The van der Waals surface area contributed by atoms with Crippen molar-refractivity contribution < 1.29 is 19.4 Å². The third kappa shape index (κ3) is 5.28. The summed E-state index contributed by atoms with van der Waals surface area (Å²) in [6, 6.07) is 17.5. The van der Waals surface area contributed by atoms with Gasteiger partial charge in [0.15, 0.2) is 0 Å². The van der Waals surface area contributed by atoms with E-state index in [1.165, 1.54) is 18.2 Å².